The van der Waals surface area contributed by atoms with Crippen molar-refractivity contribution in [2.45, 2.75) is 65.3 Å². The van der Waals surface area contributed by atoms with Crippen molar-refractivity contribution in [1.29, 1.82) is 0 Å². The van der Waals surface area contributed by atoms with Gasteiger partial charge in [0.15, 0.2) is 0 Å². The molecule has 0 spiro atoms. The molecule has 4 heteroatoms. The van der Waals surface area contributed by atoms with Crippen LogP contribution in [0.25, 0.3) is 0 Å². The molecule has 2 rings (SSSR count). The predicted molar refractivity (Wildman–Crippen MR) is 96.4 cm³/mol. The molecule has 1 aliphatic carbocycles. The number of carbonyl (C=O) groups excluding carboxylic acids is 2. The van der Waals surface area contributed by atoms with Crippen molar-refractivity contribution in [2.24, 2.45) is 0 Å². The average Bonchev–Trinajstić information content (AvgIpc) is 2.80. The van der Waals surface area contributed by atoms with Crippen LogP contribution in [-0.4, -0.2) is 22.4 Å². The molecule has 1 N–H and O–H groups in total. The normalized spacial score (nSPS) is 15.2. The number of hydrogen-bond acceptors (Lipinski definition) is 2. The molecular formula is C20H28N2O2. The van der Waals surface area contributed by atoms with Gasteiger partial charge in [-0.15, -0.1) is 0 Å². The Morgan fingerprint density at radius 2 is 1.88 bits per heavy atom. The lowest BCUT2D eigenvalue weighted by atomic mass is 10.0. The molecule has 0 saturated carbocycles. The first kappa shape index (κ1) is 18.2. The lowest BCUT2D eigenvalue weighted by Gasteiger charge is -2.36. The van der Waals surface area contributed by atoms with Crippen LogP contribution in [0.2, 0.25) is 0 Å². The van der Waals surface area contributed by atoms with E-state index in [9.17, 15) is 9.59 Å². The SMILES string of the molecule is Cc1cccc(C(=O)NN(C(=O)C2=CCCCCC2)C(C)(C)C)c1. The Morgan fingerprint density at radius 3 is 2.54 bits per heavy atom. The van der Waals surface area contributed by atoms with E-state index in [1.54, 1.807) is 6.07 Å². The van der Waals surface area contributed by atoms with Gasteiger partial charge in [0.05, 0.1) is 5.54 Å². The van der Waals surface area contributed by atoms with E-state index >= 15 is 0 Å². The second kappa shape index (κ2) is 7.65. The zero-order valence-electron chi connectivity index (χ0n) is 15.2. The van der Waals surface area contributed by atoms with Gasteiger partial charge in [-0.05, 0) is 65.5 Å². The molecule has 0 aromatic heterocycles. The fourth-order valence-corrected chi connectivity index (χ4v) is 2.83. The third kappa shape index (κ3) is 4.70. The number of hydrogen-bond donors (Lipinski definition) is 1. The summed E-state index contributed by atoms with van der Waals surface area (Å²) in [5, 5.41) is 1.48. The molecule has 1 aliphatic rings. The van der Waals surface area contributed by atoms with Crippen LogP contribution in [0, 0.1) is 6.92 Å². The summed E-state index contributed by atoms with van der Waals surface area (Å²) in [5.41, 5.74) is 4.72. The van der Waals surface area contributed by atoms with E-state index in [-0.39, 0.29) is 11.8 Å². The number of benzene rings is 1. The van der Waals surface area contributed by atoms with Gasteiger partial charge in [0.2, 0.25) is 0 Å². The molecule has 0 aliphatic heterocycles. The minimum Gasteiger partial charge on any atom is -0.268 e. The maximum absolute atomic E-state index is 13.0. The average molecular weight is 328 g/mol. The largest absolute Gasteiger partial charge is 0.269 e. The van der Waals surface area contributed by atoms with Crippen LogP contribution in [0.4, 0.5) is 0 Å². The highest BCUT2D eigenvalue weighted by Gasteiger charge is 2.30. The minimum absolute atomic E-state index is 0.0922. The Hall–Kier alpha value is -2.10. The van der Waals surface area contributed by atoms with Gasteiger partial charge in [0, 0.05) is 11.1 Å². The Bertz CT molecular complexity index is 641. The van der Waals surface area contributed by atoms with Crippen LogP contribution in [0.3, 0.4) is 0 Å². The molecule has 0 radical (unpaired) electrons. The fourth-order valence-electron chi connectivity index (χ4n) is 2.83. The van der Waals surface area contributed by atoms with Crippen molar-refractivity contribution in [2.75, 3.05) is 0 Å². The van der Waals surface area contributed by atoms with E-state index in [0.29, 0.717) is 5.56 Å². The third-order valence-corrected chi connectivity index (χ3v) is 4.18. The Kier molecular flexibility index (Phi) is 5.81. The van der Waals surface area contributed by atoms with Crippen LogP contribution in [-0.2, 0) is 4.79 Å². The van der Waals surface area contributed by atoms with Gasteiger partial charge >= 0.3 is 0 Å². The molecule has 2 amide bonds. The molecule has 24 heavy (non-hydrogen) atoms. The second-order valence-corrected chi connectivity index (χ2v) is 7.45. The Morgan fingerprint density at radius 1 is 1.12 bits per heavy atom. The van der Waals surface area contributed by atoms with Crippen LogP contribution in [0.5, 0.6) is 0 Å². The second-order valence-electron chi connectivity index (χ2n) is 7.45. The van der Waals surface area contributed by atoms with Crippen molar-refractivity contribution in [3.8, 4) is 0 Å². The quantitative estimate of drug-likeness (QED) is 0.829. The molecule has 0 atom stereocenters. The van der Waals surface area contributed by atoms with E-state index in [0.717, 1.165) is 43.2 Å². The summed E-state index contributed by atoms with van der Waals surface area (Å²) in [6, 6.07) is 7.38. The number of rotatable bonds is 2. The fraction of sp³-hybridized carbons (Fsp3) is 0.500. The zero-order chi connectivity index (χ0) is 17.7. The summed E-state index contributed by atoms with van der Waals surface area (Å²) < 4.78 is 0. The van der Waals surface area contributed by atoms with Crippen molar-refractivity contribution >= 4 is 11.8 Å². The first-order chi connectivity index (χ1) is 11.3. The lowest BCUT2D eigenvalue weighted by Crippen LogP contribution is -2.56. The van der Waals surface area contributed by atoms with E-state index in [4.69, 9.17) is 0 Å². The topological polar surface area (TPSA) is 49.4 Å². The van der Waals surface area contributed by atoms with E-state index in [2.05, 4.69) is 5.43 Å². The van der Waals surface area contributed by atoms with Crippen molar-refractivity contribution in [3.05, 3.63) is 47.0 Å². The third-order valence-electron chi connectivity index (χ3n) is 4.18. The maximum Gasteiger partial charge on any atom is 0.269 e. The molecule has 0 fully saturated rings. The van der Waals surface area contributed by atoms with Gasteiger partial charge in [-0.25, -0.2) is 5.01 Å². The molecule has 0 heterocycles. The highest BCUT2D eigenvalue weighted by molar-refractivity contribution is 5.99. The summed E-state index contributed by atoms with van der Waals surface area (Å²) in [4.78, 5) is 25.6. The highest BCUT2D eigenvalue weighted by Crippen LogP contribution is 2.22. The number of aryl methyl sites for hydroxylation is 1. The summed E-state index contributed by atoms with van der Waals surface area (Å²) in [6.07, 6.45) is 7.06. The summed E-state index contributed by atoms with van der Waals surface area (Å²) >= 11 is 0. The first-order valence-corrected chi connectivity index (χ1v) is 8.70. The molecule has 4 nitrogen and oxygen atoms in total. The zero-order valence-corrected chi connectivity index (χ0v) is 15.2. The number of nitrogens with zero attached hydrogens (tertiary/aromatic N) is 1. The maximum atomic E-state index is 13.0. The van der Waals surface area contributed by atoms with Crippen molar-refractivity contribution in [1.82, 2.24) is 10.4 Å². The molecule has 130 valence electrons. The smallest absolute Gasteiger partial charge is 0.268 e. The predicted octanol–water partition coefficient (Wildman–Crippen LogP) is 4.16. The van der Waals surface area contributed by atoms with Crippen LogP contribution in [0.1, 0.15) is 68.8 Å². The number of allylic oxidation sites excluding steroid dienone is 1. The van der Waals surface area contributed by atoms with Gasteiger partial charge in [-0.3, -0.25) is 15.0 Å². The molecule has 1 aromatic rings. The first-order valence-electron chi connectivity index (χ1n) is 8.70. The van der Waals surface area contributed by atoms with Gasteiger partial charge in [-0.2, -0.15) is 0 Å². The number of amides is 2. The lowest BCUT2D eigenvalue weighted by molar-refractivity contribution is -0.135. The van der Waals surface area contributed by atoms with E-state index < -0.39 is 5.54 Å². The highest BCUT2D eigenvalue weighted by atomic mass is 16.2. The van der Waals surface area contributed by atoms with Crippen LogP contribution < -0.4 is 5.43 Å². The molecule has 0 saturated heterocycles. The molecule has 0 bridgehead atoms. The number of hydrazine groups is 1. The van der Waals surface area contributed by atoms with Crippen LogP contribution in [0.15, 0.2) is 35.9 Å². The summed E-state index contributed by atoms with van der Waals surface area (Å²) in [5.74, 6) is -0.346. The summed E-state index contributed by atoms with van der Waals surface area (Å²) in [7, 11) is 0. The monoisotopic (exact) mass is 328 g/mol. The number of nitrogens with one attached hydrogen (secondary N) is 1. The Labute approximate surface area is 144 Å². The van der Waals surface area contributed by atoms with Crippen molar-refractivity contribution in [3.63, 3.8) is 0 Å². The van der Waals surface area contributed by atoms with E-state index in [1.807, 2.05) is 52.0 Å². The minimum atomic E-state index is -0.496. The Balaban J connectivity index is 2.21. The van der Waals surface area contributed by atoms with Crippen molar-refractivity contribution < 1.29 is 9.59 Å². The van der Waals surface area contributed by atoms with Gasteiger partial charge in [0.1, 0.15) is 0 Å². The van der Waals surface area contributed by atoms with Gasteiger partial charge < -0.3 is 0 Å². The number of carbonyl (C=O) groups is 2. The van der Waals surface area contributed by atoms with E-state index in [1.165, 1.54) is 5.01 Å². The molecular weight excluding hydrogens is 300 g/mol. The van der Waals surface area contributed by atoms with Crippen LogP contribution >= 0.6 is 0 Å². The van der Waals surface area contributed by atoms with Gasteiger partial charge in [0.25, 0.3) is 11.8 Å². The summed E-state index contributed by atoms with van der Waals surface area (Å²) in [6.45, 7) is 7.73. The molecule has 0 unspecified atom stereocenters. The standard InChI is InChI=1S/C20H28N2O2/c1-15-10-9-13-17(14-15)18(23)21-22(20(2,3)4)19(24)16-11-7-5-6-8-12-16/h9-11,13-14H,5-8,12H2,1-4H3,(H,21,23). The van der Waals surface area contributed by atoms with Gasteiger partial charge in [-0.1, -0.05) is 30.2 Å². The molecule has 1 aromatic carbocycles.